The zero-order valence-corrected chi connectivity index (χ0v) is 9.51. The average molecular weight is 222 g/mol. The number of aliphatic hydroxyl groups is 1. The van der Waals surface area contributed by atoms with Crippen LogP contribution in [0.5, 0.6) is 0 Å². The van der Waals surface area contributed by atoms with Crippen molar-refractivity contribution in [1.82, 2.24) is 0 Å². The van der Waals surface area contributed by atoms with Gasteiger partial charge in [0, 0.05) is 11.0 Å². The summed E-state index contributed by atoms with van der Waals surface area (Å²) < 4.78 is 9.63. The molecule has 0 aromatic heterocycles. The zero-order chi connectivity index (χ0) is 10.8. The number of ether oxygens (including phenoxy) is 2. The molecule has 0 saturated carbocycles. The summed E-state index contributed by atoms with van der Waals surface area (Å²) in [5.74, 6) is 0.652. The highest BCUT2D eigenvalue weighted by atomic mass is 32.2. The summed E-state index contributed by atoms with van der Waals surface area (Å²) in [6.07, 6.45) is 0.432. The molecule has 4 nitrogen and oxygen atoms in total. The maximum absolute atomic E-state index is 10.9. The number of hydrogen-bond acceptors (Lipinski definition) is 5. The Hall–Kier alpha value is -0.260. The van der Waals surface area contributed by atoms with Crippen molar-refractivity contribution in [2.24, 2.45) is 0 Å². The van der Waals surface area contributed by atoms with Crippen molar-refractivity contribution in [3.05, 3.63) is 0 Å². The molecule has 0 fully saturated rings. The predicted molar refractivity (Wildman–Crippen MR) is 56.5 cm³/mol. The predicted octanol–water partition coefficient (Wildman–Crippen LogP) is 0.680. The van der Waals surface area contributed by atoms with Crippen molar-refractivity contribution in [3.8, 4) is 0 Å². The van der Waals surface area contributed by atoms with Crippen LogP contribution in [0.3, 0.4) is 0 Å². The van der Waals surface area contributed by atoms with E-state index in [2.05, 4.69) is 4.74 Å². The third-order valence-electron chi connectivity index (χ3n) is 1.55. The van der Waals surface area contributed by atoms with Crippen LogP contribution in [0, 0.1) is 0 Å². The summed E-state index contributed by atoms with van der Waals surface area (Å²) in [4.78, 5) is 10.9. The van der Waals surface area contributed by atoms with Crippen molar-refractivity contribution in [1.29, 1.82) is 0 Å². The lowest BCUT2D eigenvalue weighted by Gasteiger charge is -2.09. The Balaban J connectivity index is 3.26. The Kier molecular flexibility index (Phi) is 9.13. The van der Waals surface area contributed by atoms with E-state index in [1.807, 2.05) is 6.92 Å². The van der Waals surface area contributed by atoms with Crippen LogP contribution < -0.4 is 0 Å². The normalized spacial score (nSPS) is 12.5. The van der Waals surface area contributed by atoms with Gasteiger partial charge >= 0.3 is 5.97 Å². The highest BCUT2D eigenvalue weighted by Crippen LogP contribution is 2.13. The molecule has 1 atom stereocenters. The SMILES string of the molecule is COC(=O)CC(C)SCCOCCO. The van der Waals surface area contributed by atoms with Crippen LogP contribution in [0.4, 0.5) is 0 Å². The largest absolute Gasteiger partial charge is 0.469 e. The van der Waals surface area contributed by atoms with Crippen molar-refractivity contribution in [2.45, 2.75) is 18.6 Å². The first kappa shape index (κ1) is 13.7. The van der Waals surface area contributed by atoms with E-state index in [-0.39, 0.29) is 17.8 Å². The lowest BCUT2D eigenvalue weighted by Crippen LogP contribution is -2.10. The lowest BCUT2D eigenvalue weighted by molar-refractivity contribution is -0.140. The number of carbonyl (C=O) groups is 1. The monoisotopic (exact) mass is 222 g/mol. The van der Waals surface area contributed by atoms with Crippen LogP contribution in [-0.2, 0) is 14.3 Å². The Morgan fingerprint density at radius 3 is 2.79 bits per heavy atom. The summed E-state index contributed by atoms with van der Waals surface area (Å²) in [7, 11) is 1.39. The molecule has 1 unspecified atom stereocenters. The number of rotatable bonds is 8. The number of methoxy groups -OCH3 is 1. The van der Waals surface area contributed by atoms with E-state index in [4.69, 9.17) is 9.84 Å². The van der Waals surface area contributed by atoms with Gasteiger partial charge in [-0.2, -0.15) is 11.8 Å². The molecule has 0 aromatic rings. The molecule has 0 amide bonds. The van der Waals surface area contributed by atoms with Crippen molar-refractivity contribution in [3.63, 3.8) is 0 Å². The van der Waals surface area contributed by atoms with Gasteiger partial charge in [-0.25, -0.2) is 0 Å². The highest BCUT2D eigenvalue weighted by molar-refractivity contribution is 7.99. The van der Waals surface area contributed by atoms with Crippen molar-refractivity contribution in [2.75, 3.05) is 32.7 Å². The quantitative estimate of drug-likeness (QED) is 0.483. The third-order valence-corrected chi connectivity index (χ3v) is 2.69. The van der Waals surface area contributed by atoms with Gasteiger partial charge in [0.05, 0.1) is 33.4 Å². The molecule has 84 valence electrons. The molecule has 14 heavy (non-hydrogen) atoms. The summed E-state index contributed by atoms with van der Waals surface area (Å²) in [5.41, 5.74) is 0. The zero-order valence-electron chi connectivity index (χ0n) is 8.69. The van der Waals surface area contributed by atoms with Gasteiger partial charge in [-0.3, -0.25) is 4.79 Å². The molecular weight excluding hydrogens is 204 g/mol. The van der Waals surface area contributed by atoms with E-state index in [1.54, 1.807) is 11.8 Å². The van der Waals surface area contributed by atoms with Gasteiger partial charge in [0.2, 0.25) is 0 Å². The van der Waals surface area contributed by atoms with Crippen molar-refractivity contribution < 1.29 is 19.4 Å². The second kappa shape index (κ2) is 9.30. The smallest absolute Gasteiger partial charge is 0.306 e. The van der Waals surface area contributed by atoms with Gasteiger partial charge in [0.25, 0.3) is 0 Å². The van der Waals surface area contributed by atoms with Crippen LogP contribution in [0.1, 0.15) is 13.3 Å². The van der Waals surface area contributed by atoms with E-state index >= 15 is 0 Å². The number of thioether (sulfide) groups is 1. The second-order valence-electron chi connectivity index (χ2n) is 2.80. The molecule has 0 spiro atoms. The van der Waals surface area contributed by atoms with Crippen LogP contribution >= 0.6 is 11.8 Å². The fourth-order valence-corrected chi connectivity index (χ4v) is 1.72. The van der Waals surface area contributed by atoms with Gasteiger partial charge in [-0.05, 0) is 0 Å². The minimum absolute atomic E-state index is 0.0579. The first-order valence-electron chi connectivity index (χ1n) is 4.57. The fraction of sp³-hybridized carbons (Fsp3) is 0.889. The van der Waals surface area contributed by atoms with E-state index in [1.165, 1.54) is 7.11 Å². The molecule has 1 N–H and O–H groups in total. The molecule has 0 saturated heterocycles. The summed E-state index contributed by atoms with van der Waals surface area (Å²) in [5, 5.41) is 8.68. The molecule has 0 radical (unpaired) electrons. The van der Waals surface area contributed by atoms with Gasteiger partial charge in [0.1, 0.15) is 0 Å². The Morgan fingerprint density at radius 2 is 2.21 bits per heavy atom. The van der Waals surface area contributed by atoms with Gasteiger partial charge in [-0.15, -0.1) is 0 Å². The standard InChI is InChI=1S/C9H18O4S/c1-8(7-9(11)12-2)14-6-5-13-4-3-10/h8,10H,3-7H2,1-2H3. The van der Waals surface area contributed by atoms with Crippen LogP contribution in [0.15, 0.2) is 0 Å². The minimum Gasteiger partial charge on any atom is -0.469 e. The van der Waals surface area contributed by atoms with E-state index in [9.17, 15) is 4.79 Å². The molecule has 0 aliphatic heterocycles. The van der Waals surface area contributed by atoms with E-state index in [0.717, 1.165) is 5.75 Å². The molecular formula is C9H18O4S. The summed E-state index contributed by atoms with van der Waals surface area (Å²) >= 11 is 1.66. The summed E-state index contributed by atoms with van der Waals surface area (Å²) in [6.45, 7) is 3.03. The first-order chi connectivity index (χ1) is 6.70. The van der Waals surface area contributed by atoms with Crippen LogP contribution in [0.2, 0.25) is 0 Å². The molecule has 0 aliphatic carbocycles. The topological polar surface area (TPSA) is 55.8 Å². The highest BCUT2D eigenvalue weighted by Gasteiger charge is 2.08. The Bertz CT molecular complexity index is 152. The lowest BCUT2D eigenvalue weighted by atomic mass is 10.3. The number of esters is 1. The molecule has 0 aromatic carbocycles. The van der Waals surface area contributed by atoms with Gasteiger partial charge in [-0.1, -0.05) is 6.92 Å². The molecule has 0 rings (SSSR count). The maximum atomic E-state index is 10.9. The Morgan fingerprint density at radius 1 is 1.50 bits per heavy atom. The molecule has 0 aliphatic rings. The molecule has 0 bridgehead atoms. The minimum atomic E-state index is -0.179. The molecule has 5 heteroatoms. The van der Waals surface area contributed by atoms with Crippen LogP contribution in [-0.4, -0.2) is 49.0 Å². The maximum Gasteiger partial charge on any atom is 0.306 e. The van der Waals surface area contributed by atoms with E-state index in [0.29, 0.717) is 19.6 Å². The molecule has 0 heterocycles. The number of hydrogen-bond donors (Lipinski definition) is 1. The Labute approximate surface area is 89.0 Å². The third kappa shape index (κ3) is 8.34. The number of aliphatic hydroxyl groups excluding tert-OH is 1. The van der Waals surface area contributed by atoms with E-state index < -0.39 is 0 Å². The number of carbonyl (C=O) groups excluding carboxylic acids is 1. The van der Waals surface area contributed by atoms with Gasteiger partial charge in [0.15, 0.2) is 0 Å². The first-order valence-corrected chi connectivity index (χ1v) is 5.62. The second-order valence-corrected chi connectivity index (χ2v) is 4.34. The fourth-order valence-electron chi connectivity index (χ4n) is 0.852. The summed E-state index contributed by atoms with van der Waals surface area (Å²) in [6, 6.07) is 0. The van der Waals surface area contributed by atoms with Crippen LogP contribution in [0.25, 0.3) is 0 Å². The average Bonchev–Trinajstić information content (AvgIpc) is 2.17. The van der Waals surface area contributed by atoms with Crippen molar-refractivity contribution >= 4 is 17.7 Å². The van der Waals surface area contributed by atoms with Gasteiger partial charge < -0.3 is 14.6 Å².